The van der Waals surface area contributed by atoms with Gasteiger partial charge in [0.25, 0.3) is 5.91 Å². The van der Waals surface area contributed by atoms with Crippen molar-refractivity contribution in [2.24, 2.45) is 5.10 Å². The van der Waals surface area contributed by atoms with Gasteiger partial charge in [-0.25, -0.2) is 5.43 Å². The zero-order chi connectivity index (χ0) is 17.9. The Hall–Kier alpha value is -2.89. The molecule has 0 atom stereocenters. The molecule has 0 saturated carbocycles. The van der Waals surface area contributed by atoms with Crippen molar-refractivity contribution in [1.29, 1.82) is 0 Å². The Morgan fingerprint density at radius 1 is 1.20 bits per heavy atom. The molecule has 0 spiro atoms. The molecule has 132 valence electrons. The Balaban J connectivity index is 2.07. The highest BCUT2D eigenvalue weighted by molar-refractivity contribution is 5.94. The first-order valence-corrected chi connectivity index (χ1v) is 8.37. The predicted octanol–water partition coefficient (Wildman–Crippen LogP) is 3.42. The molecule has 0 saturated heterocycles. The van der Waals surface area contributed by atoms with E-state index in [1.807, 2.05) is 25.1 Å². The summed E-state index contributed by atoms with van der Waals surface area (Å²) >= 11 is 0. The number of carbonyl (C=O) groups excluding carboxylic acids is 1. The van der Waals surface area contributed by atoms with E-state index < -0.39 is 0 Å². The Morgan fingerprint density at radius 3 is 2.72 bits per heavy atom. The van der Waals surface area contributed by atoms with Crippen LogP contribution in [-0.4, -0.2) is 30.3 Å². The number of nitrogens with one attached hydrogen (secondary N) is 1. The third kappa shape index (κ3) is 5.91. The van der Waals surface area contributed by atoms with Gasteiger partial charge in [-0.1, -0.05) is 13.8 Å². The number of aromatic nitrogens is 1. The van der Waals surface area contributed by atoms with Crippen molar-refractivity contribution in [2.45, 2.75) is 26.7 Å². The predicted molar refractivity (Wildman–Crippen MR) is 97.3 cm³/mol. The third-order valence-corrected chi connectivity index (χ3v) is 3.21. The first-order chi connectivity index (χ1) is 12.2. The van der Waals surface area contributed by atoms with Gasteiger partial charge >= 0.3 is 0 Å². The van der Waals surface area contributed by atoms with Crippen LogP contribution in [0, 0.1) is 0 Å². The van der Waals surface area contributed by atoms with E-state index in [4.69, 9.17) is 9.47 Å². The molecular formula is C19H23N3O3. The SMILES string of the molecule is CCCOc1ccc(/C=N\NC(=O)c2cccnc2)c(OCCC)c1. The van der Waals surface area contributed by atoms with Crippen LogP contribution in [0.3, 0.4) is 0 Å². The van der Waals surface area contributed by atoms with Crippen molar-refractivity contribution in [3.05, 3.63) is 53.9 Å². The molecule has 1 N–H and O–H groups in total. The van der Waals surface area contributed by atoms with E-state index in [1.54, 1.807) is 24.5 Å². The van der Waals surface area contributed by atoms with E-state index in [0.717, 1.165) is 24.2 Å². The lowest BCUT2D eigenvalue weighted by Crippen LogP contribution is -2.17. The van der Waals surface area contributed by atoms with E-state index in [2.05, 4.69) is 22.4 Å². The van der Waals surface area contributed by atoms with Gasteiger partial charge in [0.05, 0.1) is 25.0 Å². The number of nitrogens with zero attached hydrogens (tertiary/aromatic N) is 2. The molecule has 0 radical (unpaired) electrons. The van der Waals surface area contributed by atoms with E-state index >= 15 is 0 Å². The number of benzene rings is 1. The number of rotatable bonds is 9. The molecule has 25 heavy (non-hydrogen) atoms. The van der Waals surface area contributed by atoms with Crippen LogP contribution in [0.2, 0.25) is 0 Å². The van der Waals surface area contributed by atoms with Gasteiger partial charge in [-0.05, 0) is 37.1 Å². The minimum Gasteiger partial charge on any atom is -0.493 e. The van der Waals surface area contributed by atoms with Crippen LogP contribution in [0.25, 0.3) is 0 Å². The number of amides is 1. The van der Waals surface area contributed by atoms with Crippen LogP contribution in [0.15, 0.2) is 47.8 Å². The molecule has 1 aromatic heterocycles. The van der Waals surface area contributed by atoms with Crippen LogP contribution < -0.4 is 14.9 Å². The molecule has 0 aliphatic rings. The summed E-state index contributed by atoms with van der Waals surface area (Å²) < 4.78 is 11.4. The van der Waals surface area contributed by atoms with Gasteiger partial charge in [0, 0.05) is 24.0 Å². The zero-order valence-corrected chi connectivity index (χ0v) is 14.6. The number of ether oxygens (including phenoxy) is 2. The summed E-state index contributed by atoms with van der Waals surface area (Å²) in [5, 5.41) is 4.01. The highest BCUT2D eigenvalue weighted by atomic mass is 16.5. The number of hydrogen-bond acceptors (Lipinski definition) is 5. The smallest absolute Gasteiger partial charge is 0.272 e. The monoisotopic (exact) mass is 341 g/mol. The van der Waals surface area contributed by atoms with Crippen LogP contribution in [-0.2, 0) is 0 Å². The fourth-order valence-electron chi connectivity index (χ4n) is 1.99. The van der Waals surface area contributed by atoms with Crippen LogP contribution in [0.1, 0.15) is 42.6 Å². The molecule has 0 unspecified atom stereocenters. The van der Waals surface area contributed by atoms with Crippen molar-refractivity contribution < 1.29 is 14.3 Å². The van der Waals surface area contributed by atoms with Crippen molar-refractivity contribution in [3.63, 3.8) is 0 Å². The highest BCUT2D eigenvalue weighted by Crippen LogP contribution is 2.24. The third-order valence-electron chi connectivity index (χ3n) is 3.21. The minimum atomic E-state index is -0.316. The maximum atomic E-state index is 11.9. The average Bonchev–Trinajstić information content (AvgIpc) is 2.66. The molecule has 1 heterocycles. The van der Waals surface area contributed by atoms with E-state index in [0.29, 0.717) is 24.5 Å². The molecular weight excluding hydrogens is 318 g/mol. The number of hydrogen-bond donors (Lipinski definition) is 1. The maximum absolute atomic E-state index is 11.9. The first-order valence-electron chi connectivity index (χ1n) is 8.37. The van der Waals surface area contributed by atoms with Gasteiger partial charge in [0.15, 0.2) is 0 Å². The molecule has 1 aromatic carbocycles. The van der Waals surface area contributed by atoms with Gasteiger partial charge in [-0.15, -0.1) is 0 Å². The highest BCUT2D eigenvalue weighted by Gasteiger charge is 2.06. The quantitative estimate of drug-likeness (QED) is 0.560. The fourth-order valence-corrected chi connectivity index (χ4v) is 1.99. The summed E-state index contributed by atoms with van der Waals surface area (Å²) in [6.07, 6.45) is 6.49. The van der Waals surface area contributed by atoms with Gasteiger partial charge in [0.1, 0.15) is 11.5 Å². The minimum absolute atomic E-state index is 0.316. The molecule has 0 bridgehead atoms. The molecule has 0 fully saturated rings. The lowest BCUT2D eigenvalue weighted by molar-refractivity contribution is 0.0954. The fraction of sp³-hybridized carbons (Fsp3) is 0.316. The molecule has 2 rings (SSSR count). The van der Waals surface area contributed by atoms with Crippen molar-refractivity contribution in [2.75, 3.05) is 13.2 Å². The van der Waals surface area contributed by atoms with Crippen LogP contribution in [0.5, 0.6) is 11.5 Å². The van der Waals surface area contributed by atoms with Crippen molar-refractivity contribution >= 4 is 12.1 Å². The summed E-state index contributed by atoms with van der Waals surface area (Å²) in [7, 11) is 0. The van der Waals surface area contributed by atoms with Gasteiger partial charge in [0.2, 0.25) is 0 Å². The zero-order valence-electron chi connectivity index (χ0n) is 14.6. The molecule has 1 amide bonds. The normalized spacial score (nSPS) is 10.6. The van der Waals surface area contributed by atoms with E-state index in [9.17, 15) is 4.79 Å². The number of carbonyl (C=O) groups is 1. The topological polar surface area (TPSA) is 72.8 Å². The lowest BCUT2D eigenvalue weighted by Gasteiger charge is -2.11. The van der Waals surface area contributed by atoms with Crippen molar-refractivity contribution in [1.82, 2.24) is 10.4 Å². The second-order valence-electron chi connectivity index (χ2n) is 5.34. The number of pyridine rings is 1. The lowest BCUT2D eigenvalue weighted by atomic mass is 10.2. The van der Waals surface area contributed by atoms with Crippen LogP contribution in [0.4, 0.5) is 0 Å². The standard InChI is InChI=1S/C19H23N3O3/c1-3-10-24-17-8-7-15(18(12-17)25-11-4-2)14-21-22-19(23)16-6-5-9-20-13-16/h5-9,12-14H,3-4,10-11H2,1-2H3,(H,22,23)/b21-14-. The summed E-state index contributed by atoms with van der Waals surface area (Å²) in [4.78, 5) is 15.9. The first kappa shape index (κ1) is 18.4. The summed E-state index contributed by atoms with van der Waals surface area (Å²) in [5.41, 5.74) is 3.70. The summed E-state index contributed by atoms with van der Waals surface area (Å²) in [5.74, 6) is 1.11. The number of hydrazone groups is 1. The molecule has 0 aliphatic carbocycles. The second kappa shape index (κ2) is 10.1. The molecule has 2 aromatic rings. The Labute approximate surface area is 147 Å². The summed E-state index contributed by atoms with van der Waals surface area (Å²) in [6, 6.07) is 8.93. The Morgan fingerprint density at radius 2 is 2.00 bits per heavy atom. The van der Waals surface area contributed by atoms with Gasteiger partial charge in [-0.2, -0.15) is 5.10 Å². The van der Waals surface area contributed by atoms with E-state index in [1.165, 1.54) is 6.20 Å². The molecule has 6 heteroatoms. The summed E-state index contributed by atoms with van der Waals surface area (Å²) in [6.45, 7) is 5.35. The Bertz CT molecular complexity index is 702. The van der Waals surface area contributed by atoms with Crippen molar-refractivity contribution in [3.8, 4) is 11.5 Å². The molecule has 0 aliphatic heterocycles. The molecule has 6 nitrogen and oxygen atoms in total. The Kier molecular flexibility index (Phi) is 7.43. The maximum Gasteiger partial charge on any atom is 0.272 e. The van der Waals surface area contributed by atoms with Gasteiger partial charge < -0.3 is 9.47 Å². The van der Waals surface area contributed by atoms with Gasteiger partial charge in [-0.3, -0.25) is 9.78 Å². The second-order valence-corrected chi connectivity index (χ2v) is 5.34. The largest absolute Gasteiger partial charge is 0.493 e. The van der Waals surface area contributed by atoms with Crippen LogP contribution >= 0.6 is 0 Å². The van der Waals surface area contributed by atoms with E-state index in [-0.39, 0.29) is 5.91 Å². The average molecular weight is 341 g/mol.